The summed E-state index contributed by atoms with van der Waals surface area (Å²) in [6.45, 7) is 3.27. The first-order chi connectivity index (χ1) is 10.2. The van der Waals surface area contributed by atoms with Crippen molar-refractivity contribution in [1.29, 1.82) is 0 Å². The number of ether oxygens (including phenoxy) is 1. The SMILES string of the molecule is Cc1ccccc1OCC(=O)N1CCc2ncncc2C1. The van der Waals surface area contributed by atoms with Gasteiger partial charge in [-0.2, -0.15) is 0 Å². The zero-order valence-corrected chi connectivity index (χ0v) is 12.0. The monoisotopic (exact) mass is 283 g/mol. The third-order valence-electron chi connectivity index (χ3n) is 3.66. The fourth-order valence-electron chi connectivity index (χ4n) is 2.43. The van der Waals surface area contributed by atoms with Gasteiger partial charge in [0.25, 0.3) is 5.91 Å². The van der Waals surface area contributed by atoms with E-state index in [9.17, 15) is 4.79 Å². The van der Waals surface area contributed by atoms with Crippen molar-refractivity contribution in [1.82, 2.24) is 14.9 Å². The number of amides is 1. The van der Waals surface area contributed by atoms with Crippen molar-refractivity contribution in [2.75, 3.05) is 13.2 Å². The molecule has 2 aromatic rings. The third-order valence-corrected chi connectivity index (χ3v) is 3.66. The van der Waals surface area contributed by atoms with Crippen LogP contribution in [0.3, 0.4) is 0 Å². The van der Waals surface area contributed by atoms with Gasteiger partial charge in [-0.25, -0.2) is 9.97 Å². The van der Waals surface area contributed by atoms with E-state index in [0.29, 0.717) is 13.1 Å². The molecule has 1 amide bonds. The van der Waals surface area contributed by atoms with Crippen LogP contribution >= 0.6 is 0 Å². The molecule has 2 heterocycles. The minimum absolute atomic E-state index is 0.00671. The molecule has 1 aliphatic rings. The number of carbonyl (C=O) groups excluding carboxylic acids is 1. The average molecular weight is 283 g/mol. The zero-order chi connectivity index (χ0) is 14.7. The Balaban J connectivity index is 1.61. The molecule has 1 aliphatic heterocycles. The summed E-state index contributed by atoms with van der Waals surface area (Å²) in [4.78, 5) is 22.3. The lowest BCUT2D eigenvalue weighted by Crippen LogP contribution is -2.39. The highest BCUT2D eigenvalue weighted by Gasteiger charge is 2.21. The number of hydrogen-bond donors (Lipinski definition) is 0. The number of para-hydroxylation sites is 1. The van der Waals surface area contributed by atoms with Crippen LogP contribution in [0.25, 0.3) is 0 Å². The van der Waals surface area contributed by atoms with E-state index in [1.54, 1.807) is 17.4 Å². The number of aryl methyl sites for hydroxylation is 1. The highest BCUT2D eigenvalue weighted by atomic mass is 16.5. The molecule has 1 aromatic heterocycles. The van der Waals surface area contributed by atoms with Crippen LogP contribution in [0.1, 0.15) is 16.8 Å². The summed E-state index contributed by atoms with van der Waals surface area (Å²) in [6, 6.07) is 7.70. The predicted octanol–water partition coefficient (Wildman–Crippen LogP) is 1.75. The Morgan fingerprint density at radius 3 is 3.10 bits per heavy atom. The van der Waals surface area contributed by atoms with E-state index in [1.807, 2.05) is 31.2 Å². The van der Waals surface area contributed by atoms with Gasteiger partial charge in [0, 0.05) is 31.3 Å². The Bertz CT molecular complexity index is 657. The Kier molecular flexibility index (Phi) is 3.81. The van der Waals surface area contributed by atoms with Crippen LogP contribution in [-0.4, -0.2) is 33.9 Å². The molecule has 3 rings (SSSR count). The van der Waals surface area contributed by atoms with Crippen molar-refractivity contribution < 1.29 is 9.53 Å². The molecule has 1 aromatic carbocycles. The molecule has 0 aliphatic carbocycles. The topological polar surface area (TPSA) is 55.3 Å². The van der Waals surface area contributed by atoms with Gasteiger partial charge < -0.3 is 9.64 Å². The molecule has 5 nitrogen and oxygen atoms in total. The van der Waals surface area contributed by atoms with Crippen LogP contribution in [0.4, 0.5) is 0 Å². The van der Waals surface area contributed by atoms with Crippen LogP contribution in [0, 0.1) is 6.92 Å². The fraction of sp³-hybridized carbons (Fsp3) is 0.312. The maximum absolute atomic E-state index is 12.3. The van der Waals surface area contributed by atoms with Crippen LogP contribution in [-0.2, 0) is 17.8 Å². The lowest BCUT2D eigenvalue weighted by Gasteiger charge is -2.27. The Labute approximate surface area is 123 Å². The van der Waals surface area contributed by atoms with E-state index in [2.05, 4.69) is 9.97 Å². The van der Waals surface area contributed by atoms with Gasteiger partial charge in [0.15, 0.2) is 6.61 Å². The van der Waals surface area contributed by atoms with Crippen molar-refractivity contribution >= 4 is 5.91 Å². The Morgan fingerprint density at radius 1 is 1.38 bits per heavy atom. The van der Waals surface area contributed by atoms with Crippen LogP contribution in [0.5, 0.6) is 5.75 Å². The van der Waals surface area contributed by atoms with E-state index in [1.165, 1.54) is 0 Å². The largest absolute Gasteiger partial charge is 0.484 e. The smallest absolute Gasteiger partial charge is 0.260 e. The number of benzene rings is 1. The number of nitrogens with zero attached hydrogens (tertiary/aromatic N) is 3. The maximum atomic E-state index is 12.3. The van der Waals surface area contributed by atoms with Crippen molar-refractivity contribution in [2.45, 2.75) is 19.9 Å². The highest BCUT2D eigenvalue weighted by molar-refractivity contribution is 5.78. The number of rotatable bonds is 3. The summed E-state index contributed by atoms with van der Waals surface area (Å²) in [5.74, 6) is 0.749. The summed E-state index contributed by atoms with van der Waals surface area (Å²) in [6.07, 6.45) is 4.11. The summed E-state index contributed by atoms with van der Waals surface area (Å²) < 4.78 is 5.62. The quantitative estimate of drug-likeness (QED) is 0.861. The molecule has 0 radical (unpaired) electrons. The van der Waals surface area contributed by atoms with Gasteiger partial charge in [0.2, 0.25) is 0 Å². The first-order valence-electron chi connectivity index (χ1n) is 6.98. The number of aromatic nitrogens is 2. The first kappa shape index (κ1) is 13.5. The molecular formula is C16H17N3O2. The van der Waals surface area contributed by atoms with Crippen LogP contribution < -0.4 is 4.74 Å². The van der Waals surface area contributed by atoms with Gasteiger partial charge in [-0.15, -0.1) is 0 Å². The van der Waals surface area contributed by atoms with Gasteiger partial charge in [0.05, 0.1) is 5.69 Å². The highest BCUT2D eigenvalue weighted by Crippen LogP contribution is 2.18. The summed E-state index contributed by atoms with van der Waals surface area (Å²) in [5.41, 5.74) is 3.09. The second-order valence-corrected chi connectivity index (χ2v) is 5.11. The molecule has 0 saturated heterocycles. The minimum Gasteiger partial charge on any atom is -0.484 e. The van der Waals surface area contributed by atoms with Gasteiger partial charge in [-0.3, -0.25) is 4.79 Å². The Morgan fingerprint density at radius 2 is 2.24 bits per heavy atom. The van der Waals surface area contributed by atoms with E-state index >= 15 is 0 Å². The number of carbonyl (C=O) groups is 1. The Hall–Kier alpha value is -2.43. The van der Waals surface area contributed by atoms with Crippen LogP contribution in [0.2, 0.25) is 0 Å². The molecule has 0 spiro atoms. The molecule has 0 fully saturated rings. The molecule has 0 N–H and O–H groups in total. The average Bonchev–Trinajstić information content (AvgIpc) is 2.53. The minimum atomic E-state index is -0.00671. The normalized spacial score (nSPS) is 13.7. The second kappa shape index (κ2) is 5.91. The lowest BCUT2D eigenvalue weighted by molar-refractivity contribution is -0.134. The molecular weight excluding hydrogens is 266 g/mol. The summed E-state index contributed by atoms with van der Waals surface area (Å²) in [7, 11) is 0. The second-order valence-electron chi connectivity index (χ2n) is 5.11. The molecule has 108 valence electrons. The molecule has 0 atom stereocenters. The van der Waals surface area contributed by atoms with E-state index in [-0.39, 0.29) is 12.5 Å². The maximum Gasteiger partial charge on any atom is 0.260 e. The molecule has 5 heteroatoms. The van der Waals surface area contributed by atoms with Gasteiger partial charge in [-0.05, 0) is 18.6 Å². The third kappa shape index (κ3) is 3.02. The van der Waals surface area contributed by atoms with Crippen molar-refractivity contribution in [3.63, 3.8) is 0 Å². The predicted molar refractivity (Wildman–Crippen MR) is 77.8 cm³/mol. The van der Waals surface area contributed by atoms with Crippen LogP contribution in [0.15, 0.2) is 36.8 Å². The molecule has 0 bridgehead atoms. The summed E-state index contributed by atoms with van der Waals surface area (Å²) >= 11 is 0. The van der Waals surface area contributed by atoms with Crippen molar-refractivity contribution in [3.8, 4) is 5.75 Å². The molecule has 0 saturated carbocycles. The van der Waals surface area contributed by atoms with E-state index in [4.69, 9.17) is 4.74 Å². The van der Waals surface area contributed by atoms with Crippen molar-refractivity contribution in [3.05, 3.63) is 53.6 Å². The summed E-state index contributed by atoms with van der Waals surface area (Å²) in [5, 5.41) is 0. The fourth-order valence-corrected chi connectivity index (χ4v) is 2.43. The number of hydrogen-bond acceptors (Lipinski definition) is 4. The molecule has 21 heavy (non-hydrogen) atoms. The van der Waals surface area contributed by atoms with Gasteiger partial charge in [-0.1, -0.05) is 18.2 Å². The standard InChI is InChI=1S/C16H17N3O2/c1-12-4-2-3-5-15(12)21-10-16(20)19-7-6-14-13(9-19)8-17-11-18-14/h2-5,8,11H,6-7,9-10H2,1H3. The van der Waals surface area contributed by atoms with Gasteiger partial charge >= 0.3 is 0 Å². The van der Waals surface area contributed by atoms with E-state index < -0.39 is 0 Å². The number of fused-ring (bicyclic) bond motifs is 1. The molecule has 0 unspecified atom stereocenters. The van der Waals surface area contributed by atoms with E-state index in [0.717, 1.165) is 29.0 Å². The van der Waals surface area contributed by atoms with Crippen molar-refractivity contribution in [2.24, 2.45) is 0 Å². The first-order valence-corrected chi connectivity index (χ1v) is 6.98. The van der Waals surface area contributed by atoms with Gasteiger partial charge in [0.1, 0.15) is 12.1 Å². The lowest BCUT2D eigenvalue weighted by atomic mass is 10.1. The zero-order valence-electron chi connectivity index (χ0n) is 12.0.